The Balaban J connectivity index is 2.12. The zero-order valence-corrected chi connectivity index (χ0v) is 14.8. The van der Waals surface area contributed by atoms with E-state index in [0.717, 1.165) is 11.3 Å². The van der Waals surface area contributed by atoms with Gasteiger partial charge >= 0.3 is 0 Å². The van der Waals surface area contributed by atoms with Crippen molar-refractivity contribution in [1.29, 1.82) is 0 Å². The van der Waals surface area contributed by atoms with Crippen molar-refractivity contribution in [3.05, 3.63) is 62.3 Å². The standard InChI is InChI=1S/C16H13BrClN3O2/c1-9(10-3-5-11(23-2)6-4-10)21-8-19-14-12(16(21)22)7-13(18)20-15(14)17/h3-9H,1-2H3/t9-/m1/s1. The first-order chi connectivity index (χ1) is 11.0. The highest BCUT2D eigenvalue weighted by Gasteiger charge is 2.14. The monoisotopic (exact) mass is 393 g/mol. The van der Waals surface area contributed by atoms with Crippen molar-refractivity contribution in [2.45, 2.75) is 13.0 Å². The lowest BCUT2D eigenvalue weighted by atomic mass is 10.1. The van der Waals surface area contributed by atoms with Crippen LogP contribution in [0.2, 0.25) is 5.15 Å². The fourth-order valence-corrected chi connectivity index (χ4v) is 3.20. The third-order valence-electron chi connectivity index (χ3n) is 3.71. The molecule has 0 unspecified atom stereocenters. The summed E-state index contributed by atoms with van der Waals surface area (Å²) in [4.78, 5) is 21.1. The average Bonchev–Trinajstić information content (AvgIpc) is 2.55. The fourth-order valence-electron chi connectivity index (χ4n) is 2.39. The van der Waals surface area contributed by atoms with Crippen LogP contribution in [0.4, 0.5) is 0 Å². The van der Waals surface area contributed by atoms with E-state index >= 15 is 0 Å². The molecule has 0 fully saturated rings. The first-order valence-corrected chi connectivity index (χ1v) is 8.05. The van der Waals surface area contributed by atoms with Crippen molar-refractivity contribution in [2.75, 3.05) is 7.11 Å². The normalized spacial score (nSPS) is 12.3. The maximum atomic E-state index is 12.8. The van der Waals surface area contributed by atoms with Crippen LogP contribution in [0.15, 0.2) is 46.1 Å². The van der Waals surface area contributed by atoms with Crippen molar-refractivity contribution in [3.8, 4) is 5.75 Å². The molecule has 2 aromatic heterocycles. The van der Waals surface area contributed by atoms with E-state index < -0.39 is 0 Å². The van der Waals surface area contributed by atoms with Gasteiger partial charge in [-0.15, -0.1) is 0 Å². The molecule has 1 atom stereocenters. The molecule has 0 radical (unpaired) electrons. The van der Waals surface area contributed by atoms with Crippen LogP contribution in [0.1, 0.15) is 18.5 Å². The zero-order valence-electron chi connectivity index (χ0n) is 12.5. The van der Waals surface area contributed by atoms with Gasteiger partial charge in [0.25, 0.3) is 5.56 Å². The van der Waals surface area contributed by atoms with E-state index in [1.807, 2.05) is 31.2 Å². The number of aromatic nitrogens is 3. The molecule has 118 valence electrons. The SMILES string of the molecule is COc1ccc([C@@H](C)n2cnc3c(Br)nc(Cl)cc3c2=O)cc1. The third kappa shape index (κ3) is 2.96. The number of benzene rings is 1. The van der Waals surface area contributed by atoms with Gasteiger partial charge in [0, 0.05) is 0 Å². The van der Waals surface area contributed by atoms with Gasteiger partial charge in [0.15, 0.2) is 0 Å². The molecule has 0 saturated heterocycles. The first kappa shape index (κ1) is 16.0. The first-order valence-electron chi connectivity index (χ1n) is 6.88. The number of rotatable bonds is 3. The average molecular weight is 395 g/mol. The second kappa shape index (κ2) is 6.29. The molecule has 5 nitrogen and oxygen atoms in total. The second-order valence-corrected chi connectivity index (χ2v) is 6.18. The predicted molar refractivity (Wildman–Crippen MR) is 93.3 cm³/mol. The molecular formula is C16H13BrClN3O2. The molecular weight excluding hydrogens is 382 g/mol. The van der Waals surface area contributed by atoms with Crippen LogP contribution in [0.3, 0.4) is 0 Å². The number of hydrogen-bond donors (Lipinski definition) is 0. The van der Waals surface area contributed by atoms with E-state index in [1.165, 1.54) is 12.4 Å². The summed E-state index contributed by atoms with van der Waals surface area (Å²) < 4.78 is 7.19. The van der Waals surface area contributed by atoms with Crippen molar-refractivity contribution in [1.82, 2.24) is 14.5 Å². The van der Waals surface area contributed by atoms with Crippen LogP contribution in [-0.2, 0) is 0 Å². The van der Waals surface area contributed by atoms with Crippen LogP contribution in [0.25, 0.3) is 10.9 Å². The van der Waals surface area contributed by atoms with Gasteiger partial charge in [-0.25, -0.2) is 9.97 Å². The van der Waals surface area contributed by atoms with E-state index in [2.05, 4.69) is 25.9 Å². The number of fused-ring (bicyclic) bond motifs is 1. The molecule has 0 aliphatic heterocycles. The van der Waals surface area contributed by atoms with Crippen LogP contribution >= 0.6 is 27.5 Å². The van der Waals surface area contributed by atoms with Crippen molar-refractivity contribution >= 4 is 38.4 Å². The number of methoxy groups -OCH3 is 1. The molecule has 0 N–H and O–H groups in total. The number of ether oxygens (including phenoxy) is 1. The summed E-state index contributed by atoms with van der Waals surface area (Å²) in [7, 11) is 1.62. The molecule has 0 bridgehead atoms. The minimum absolute atomic E-state index is 0.164. The highest BCUT2D eigenvalue weighted by Crippen LogP contribution is 2.23. The van der Waals surface area contributed by atoms with Gasteiger partial charge in [0.1, 0.15) is 21.0 Å². The van der Waals surface area contributed by atoms with Crippen molar-refractivity contribution in [3.63, 3.8) is 0 Å². The summed E-state index contributed by atoms with van der Waals surface area (Å²) in [5.41, 5.74) is 1.31. The molecule has 3 aromatic rings. The van der Waals surface area contributed by atoms with Crippen LogP contribution in [-0.4, -0.2) is 21.6 Å². The lowest BCUT2D eigenvalue weighted by molar-refractivity contribution is 0.414. The van der Waals surface area contributed by atoms with E-state index in [0.29, 0.717) is 15.5 Å². The Hall–Kier alpha value is -1.92. The molecule has 0 aliphatic carbocycles. The number of halogens is 2. The second-order valence-electron chi connectivity index (χ2n) is 5.04. The van der Waals surface area contributed by atoms with Crippen molar-refractivity contribution in [2.24, 2.45) is 0 Å². The third-order valence-corrected chi connectivity index (χ3v) is 4.46. The van der Waals surface area contributed by atoms with E-state index in [1.54, 1.807) is 11.7 Å². The Morgan fingerprint density at radius 2 is 2.00 bits per heavy atom. The minimum atomic E-state index is -0.170. The van der Waals surface area contributed by atoms with E-state index in [-0.39, 0.29) is 16.8 Å². The highest BCUT2D eigenvalue weighted by atomic mass is 79.9. The Labute approximate surface area is 146 Å². The molecule has 1 aromatic carbocycles. The summed E-state index contributed by atoms with van der Waals surface area (Å²) in [6, 6.07) is 8.95. The molecule has 0 amide bonds. The van der Waals surface area contributed by atoms with Gasteiger partial charge < -0.3 is 4.74 Å². The molecule has 23 heavy (non-hydrogen) atoms. The van der Waals surface area contributed by atoms with Crippen LogP contribution in [0, 0.1) is 0 Å². The van der Waals surface area contributed by atoms with Crippen molar-refractivity contribution < 1.29 is 4.74 Å². The predicted octanol–water partition coefficient (Wildman–Crippen LogP) is 3.83. The van der Waals surface area contributed by atoms with E-state index in [9.17, 15) is 4.79 Å². The Morgan fingerprint density at radius 1 is 1.30 bits per heavy atom. The number of hydrogen-bond acceptors (Lipinski definition) is 4. The zero-order chi connectivity index (χ0) is 16.6. The number of nitrogens with zero attached hydrogens (tertiary/aromatic N) is 3. The molecule has 0 aliphatic rings. The quantitative estimate of drug-likeness (QED) is 0.634. The Kier molecular flexibility index (Phi) is 4.37. The fraction of sp³-hybridized carbons (Fsp3) is 0.188. The van der Waals surface area contributed by atoms with Crippen LogP contribution < -0.4 is 10.3 Å². The largest absolute Gasteiger partial charge is 0.497 e. The van der Waals surface area contributed by atoms with Crippen LogP contribution in [0.5, 0.6) is 5.75 Å². The summed E-state index contributed by atoms with van der Waals surface area (Å²) >= 11 is 9.23. The summed E-state index contributed by atoms with van der Waals surface area (Å²) in [6.07, 6.45) is 1.53. The van der Waals surface area contributed by atoms with Gasteiger partial charge in [-0.05, 0) is 46.6 Å². The van der Waals surface area contributed by atoms with Gasteiger partial charge in [-0.1, -0.05) is 23.7 Å². The lowest BCUT2D eigenvalue weighted by Gasteiger charge is -2.16. The maximum absolute atomic E-state index is 12.8. The minimum Gasteiger partial charge on any atom is -0.497 e. The Bertz CT molecular complexity index is 925. The molecule has 7 heteroatoms. The summed E-state index contributed by atoms with van der Waals surface area (Å²) in [6.45, 7) is 1.94. The lowest BCUT2D eigenvalue weighted by Crippen LogP contribution is -2.24. The molecule has 0 spiro atoms. The molecule has 3 rings (SSSR count). The highest BCUT2D eigenvalue weighted by molar-refractivity contribution is 9.10. The van der Waals surface area contributed by atoms with Gasteiger partial charge in [-0.2, -0.15) is 0 Å². The molecule has 2 heterocycles. The number of pyridine rings is 1. The summed E-state index contributed by atoms with van der Waals surface area (Å²) in [5.74, 6) is 0.770. The maximum Gasteiger partial charge on any atom is 0.261 e. The summed E-state index contributed by atoms with van der Waals surface area (Å²) in [5, 5.41) is 0.679. The topological polar surface area (TPSA) is 57.0 Å². The smallest absolute Gasteiger partial charge is 0.261 e. The van der Waals surface area contributed by atoms with Gasteiger partial charge in [-0.3, -0.25) is 9.36 Å². The molecule has 0 saturated carbocycles. The van der Waals surface area contributed by atoms with E-state index in [4.69, 9.17) is 16.3 Å². The van der Waals surface area contributed by atoms with Gasteiger partial charge in [0.05, 0.1) is 24.9 Å². The Morgan fingerprint density at radius 3 is 2.65 bits per heavy atom. The van der Waals surface area contributed by atoms with Gasteiger partial charge in [0.2, 0.25) is 0 Å².